The van der Waals surface area contributed by atoms with E-state index in [-0.39, 0.29) is 24.1 Å². The SMILES string of the molecule is COc1cc(CC2(O)CC3CCCC(C2)N3C(=O)OCC2c3ccccc3-c3ccccc32)cc(OC)c1. The minimum Gasteiger partial charge on any atom is -0.497 e. The number of piperidine rings is 2. The molecule has 3 aromatic rings. The van der Waals surface area contributed by atoms with Crippen molar-refractivity contribution in [3.05, 3.63) is 83.4 Å². The van der Waals surface area contributed by atoms with Gasteiger partial charge in [-0.25, -0.2) is 4.79 Å². The van der Waals surface area contributed by atoms with Crippen molar-refractivity contribution < 1.29 is 24.1 Å². The van der Waals surface area contributed by atoms with Crippen LogP contribution in [0, 0.1) is 0 Å². The van der Waals surface area contributed by atoms with Gasteiger partial charge in [-0.2, -0.15) is 0 Å². The number of hydrogen-bond acceptors (Lipinski definition) is 5. The molecule has 2 aliphatic heterocycles. The second-order valence-electron chi connectivity index (χ2n) is 11.0. The Morgan fingerprint density at radius 1 is 0.895 bits per heavy atom. The van der Waals surface area contributed by atoms with Gasteiger partial charge in [-0.3, -0.25) is 0 Å². The van der Waals surface area contributed by atoms with E-state index in [9.17, 15) is 9.90 Å². The number of rotatable bonds is 6. The van der Waals surface area contributed by atoms with Crippen LogP contribution in [0.15, 0.2) is 66.7 Å². The zero-order valence-electron chi connectivity index (χ0n) is 22.1. The van der Waals surface area contributed by atoms with Crippen LogP contribution in [0.25, 0.3) is 11.1 Å². The molecule has 0 spiro atoms. The third-order valence-corrected chi connectivity index (χ3v) is 8.58. The van der Waals surface area contributed by atoms with Crippen LogP contribution in [0.1, 0.15) is 54.7 Å². The van der Waals surface area contributed by atoms with E-state index in [1.807, 2.05) is 35.2 Å². The van der Waals surface area contributed by atoms with Crippen molar-refractivity contribution in [1.82, 2.24) is 4.90 Å². The van der Waals surface area contributed by atoms with E-state index in [0.717, 1.165) is 24.8 Å². The van der Waals surface area contributed by atoms with Crippen LogP contribution < -0.4 is 9.47 Å². The molecule has 2 bridgehead atoms. The van der Waals surface area contributed by atoms with Crippen LogP contribution in [0.4, 0.5) is 4.79 Å². The molecule has 3 aliphatic rings. The Balaban J connectivity index is 1.17. The summed E-state index contributed by atoms with van der Waals surface area (Å²) < 4.78 is 16.9. The third-order valence-electron chi connectivity index (χ3n) is 8.58. The van der Waals surface area contributed by atoms with E-state index >= 15 is 0 Å². The second-order valence-corrected chi connectivity index (χ2v) is 11.0. The van der Waals surface area contributed by atoms with Crippen molar-refractivity contribution in [2.45, 2.75) is 62.1 Å². The number of carbonyl (C=O) groups is 1. The minimum atomic E-state index is -0.896. The van der Waals surface area contributed by atoms with Crippen LogP contribution in [0.5, 0.6) is 11.5 Å². The topological polar surface area (TPSA) is 68.2 Å². The molecule has 6 heteroatoms. The minimum absolute atomic E-state index is 0.0318. The third kappa shape index (κ3) is 4.51. The molecule has 198 valence electrons. The number of nitrogens with zero attached hydrogens (tertiary/aromatic N) is 1. The quantitative estimate of drug-likeness (QED) is 0.442. The summed E-state index contributed by atoms with van der Waals surface area (Å²) in [5.41, 5.74) is 4.94. The number of methoxy groups -OCH3 is 2. The maximum Gasteiger partial charge on any atom is 0.410 e. The average molecular weight is 514 g/mol. The first-order chi connectivity index (χ1) is 18.5. The van der Waals surface area contributed by atoms with Crippen molar-refractivity contribution in [1.29, 1.82) is 0 Å². The van der Waals surface area contributed by atoms with Gasteiger partial charge in [0.1, 0.15) is 18.1 Å². The molecular formula is C32H35NO5. The molecule has 2 saturated heterocycles. The molecule has 0 saturated carbocycles. The molecule has 1 N–H and O–H groups in total. The molecule has 0 aromatic heterocycles. The highest BCUT2D eigenvalue weighted by Gasteiger charge is 2.48. The van der Waals surface area contributed by atoms with Crippen LogP contribution in [0.2, 0.25) is 0 Å². The number of amides is 1. The highest BCUT2D eigenvalue weighted by Crippen LogP contribution is 2.45. The van der Waals surface area contributed by atoms with Gasteiger partial charge in [0.05, 0.1) is 19.8 Å². The second kappa shape index (κ2) is 9.99. The summed E-state index contributed by atoms with van der Waals surface area (Å²) in [5.74, 6) is 1.45. The maximum atomic E-state index is 13.5. The summed E-state index contributed by atoms with van der Waals surface area (Å²) in [6, 6.07) is 22.4. The summed E-state index contributed by atoms with van der Waals surface area (Å²) >= 11 is 0. The normalized spacial score (nSPS) is 23.9. The van der Waals surface area contributed by atoms with E-state index in [0.29, 0.717) is 37.4 Å². The van der Waals surface area contributed by atoms with E-state index in [1.54, 1.807) is 14.2 Å². The first kappa shape index (κ1) is 24.8. The van der Waals surface area contributed by atoms with Crippen molar-refractivity contribution in [2.24, 2.45) is 0 Å². The zero-order valence-corrected chi connectivity index (χ0v) is 22.1. The molecule has 38 heavy (non-hydrogen) atoms. The van der Waals surface area contributed by atoms with Gasteiger partial charge < -0.3 is 24.2 Å². The number of ether oxygens (including phenoxy) is 3. The Hall–Kier alpha value is -3.51. The van der Waals surface area contributed by atoms with Gasteiger partial charge >= 0.3 is 6.09 Å². The molecular weight excluding hydrogens is 478 g/mol. The molecule has 2 unspecified atom stereocenters. The lowest BCUT2D eigenvalue weighted by Crippen LogP contribution is -2.60. The average Bonchev–Trinajstić information content (AvgIpc) is 3.24. The summed E-state index contributed by atoms with van der Waals surface area (Å²) in [6.07, 6.45) is 4.12. The van der Waals surface area contributed by atoms with Gasteiger partial charge in [0.2, 0.25) is 0 Å². The zero-order chi connectivity index (χ0) is 26.3. The summed E-state index contributed by atoms with van der Waals surface area (Å²) in [6.45, 7) is 0.316. The van der Waals surface area contributed by atoms with E-state index in [2.05, 4.69) is 36.4 Å². The largest absolute Gasteiger partial charge is 0.497 e. The lowest BCUT2D eigenvalue weighted by Gasteiger charge is -2.51. The van der Waals surface area contributed by atoms with Gasteiger partial charge in [0.25, 0.3) is 0 Å². The van der Waals surface area contributed by atoms with Gasteiger partial charge in [-0.05, 0) is 72.1 Å². The van der Waals surface area contributed by atoms with Gasteiger partial charge in [0.15, 0.2) is 0 Å². The molecule has 2 fully saturated rings. The molecule has 0 radical (unpaired) electrons. The summed E-state index contributed by atoms with van der Waals surface area (Å²) in [5, 5.41) is 11.7. The van der Waals surface area contributed by atoms with Crippen molar-refractivity contribution in [3.63, 3.8) is 0 Å². The number of aliphatic hydroxyl groups is 1. The molecule has 3 aromatic carbocycles. The number of carbonyl (C=O) groups excluding carboxylic acids is 1. The standard InChI is InChI=1S/C32H35NO5/c1-36-24-14-21(15-25(16-24)37-2)17-32(35)18-22-8-7-9-23(19-32)33(22)31(34)38-20-30-28-12-5-3-10-26(28)27-11-4-6-13-29(27)30/h3-6,10-16,22-23,30,35H,7-9,17-20H2,1-2H3. The Bertz CT molecular complexity index is 1260. The van der Waals surface area contributed by atoms with Crippen LogP contribution in [0.3, 0.4) is 0 Å². The van der Waals surface area contributed by atoms with Crippen molar-refractivity contribution in [3.8, 4) is 22.6 Å². The van der Waals surface area contributed by atoms with Crippen LogP contribution >= 0.6 is 0 Å². The first-order valence-corrected chi connectivity index (χ1v) is 13.6. The highest BCUT2D eigenvalue weighted by molar-refractivity contribution is 5.79. The maximum absolute atomic E-state index is 13.5. The van der Waals surface area contributed by atoms with Crippen LogP contribution in [-0.4, -0.2) is 54.6 Å². The summed E-state index contributed by atoms with van der Waals surface area (Å²) in [7, 11) is 3.26. The van der Waals surface area contributed by atoms with E-state index in [1.165, 1.54) is 22.3 Å². The Morgan fingerprint density at radius 2 is 1.45 bits per heavy atom. The Morgan fingerprint density at radius 3 is 2.00 bits per heavy atom. The van der Waals surface area contributed by atoms with E-state index in [4.69, 9.17) is 14.2 Å². The van der Waals surface area contributed by atoms with Crippen molar-refractivity contribution in [2.75, 3.05) is 20.8 Å². The Labute approximate surface area is 224 Å². The Kier molecular flexibility index (Phi) is 6.52. The molecule has 1 aliphatic carbocycles. The highest BCUT2D eigenvalue weighted by atomic mass is 16.6. The summed E-state index contributed by atoms with van der Waals surface area (Å²) in [4.78, 5) is 15.4. The molecule has 1 amide bonds. The monoisotopic (exact) mass is 513 g/mol. The lowest BCUT2D eigenvalue weighted by molar-refractivity contribution is -0.0840. The molecule has 6 rings (SSSR count). The fourth-order valence-corrected chi connectivity index (χ4v) is 6.99. The molecule has 2 atom stereocenters. The predicted octanol–water partition coefficient (Wildman–Crippen LogP) is 5.94. The molecule has 6 nitrogen and oxygen atoms in total. The fraction of sp³-hybridized carbons (Fsp3) is 0.406. The predicted molar refractivity (Wildman–Crippen MR) is 146 cm³/mol. The lowest BCUT2D eigenvalue weighted by atomic mass is 9.73. The van der Waals surface area contributed by atoms with Crippen LogP contribution in [-0.2, 0) is 11.2 Å². The number of hydrogen-bond donors (Lipinski definition) is 1. The van der Waals surface area contributed by atoms with Gasteiger partial charge in [0, 0.05) is 30.5 Å². The number of benzene rings is 3. The van der Waals surface area contributed by atoms with E-state index < -0.39 is 5.60 Å². The number of fused-ring (bicyclic) bond motifs is 5. The van der Waals surface area contributed by atoms with Crippen molar-refractivity contribution >= 4 is 6.09 Å². The first-order valence-electron chi connectivity index (χ1n) is 13.6. The van der Waals surface area contributed by atoms with Gasteiger partial charge in [-0.1, -0.05) is 48.5 Å². The van der Waals surface area contributed by atoms with Gasteiger partial charge in [-0.15, -0.1) is 0 Å². The fourth-order valence-electron chi connectivity index (χ4n) is 6.99. The smallest absolute Gasteiger partial charge is 0.410 e. The molecule has 2 heterocycles.